The molecule has 104 valence electrons. The maximum absolute atomic E-state index is 5.12. The van der Waals surface area contributed by atoms with E-state index in [4.69, 9.17) is 4.74 Å². The van der Waals surface area contributed by atoms with E-state index in [2.05, 4.69) is 26.8 Å². The number of aromatic nitrogens is 2. The molecule has 2 rings (SSSR count). The Morgan fingerprint density at radius 1 is 1.53 bits per heavy atom. The Hall–Kier alpha value is -1.46. The standard InChI is InChI=1S/C14H22N4O/c1-3-6-18(7-8-19-2)14-11-15-9-13(17-14)10-16-12-4-5-12/h3,9,11-12,16H,1,4-8,10H2,2H3. The third-order valence-electron chi connectivity index (χ3n) is 3.06. The highest BCUT2D eigenvalue weighted by Crippen LogP contribution is 2.19. The van der Waals surface area contributed by atoms with Crippen molar-refractivity contribution in [2.75, 3.05) is 31.7 Å². The topological polar surface area (TPSA) is 50.3 Å². The summed E-state index contributed by atoms with van der Waals surface area (Å²) >= 11 is 0. The summed E-state index contributed by atoms with van der Waals surface area (Å²) in [6.07, 6.45) is 8.04. The number of rotatable bonds is 9. The molecule has 1 N–H and O–H groups in total. The van der Waals surface area contributed by atoms with Crippen LogP contribution in [0.5, 0.6) is 0 Å². The van der Waals surface area contributed by atoms with Crippen LogP contribution in [-0.4, -0.2) is 42.8 Å². The Balaban J connectivity index is 1.98. The monoisotopic (exact) mass is 262 g/mol. The minimum absolute atomic E-state index is 0.667. The predicted octanol–water partition coefficient (Wildman–Crippen LogP) is 1.37. The van der Waals surface area contributed by atoms with Crippen molar-refractivity contribution in [1.29, 1.82) is 0 Å². The summed E-state index contributed by atoms with van der Waals surface area (Å²) in [5.41, 5.74) is 0.982. The summed E-state index contributed by atoms with van der Waals surface area (Å²) in [7, 11) is 1.70. The molecule has 1 aliphatic carbocycles. The molecule has 0 aliphatic heterocycles. The summed E-state index contributed by atoms with van der Waals surface area (Å²) in [5, 5.41) is 3.45. The molecule has 0 bridgehead atoms. The molecule has 1 aromatic rings. The molecule has 5 heteroatoms. The van der Waals surface area contributed by atoms with Crippen LogP contribution in [0, 0.1) is 0 Å². The Morgan fingerprint density at radius 2 is 2.37 bits per heavy atom. The van der Waals surface area contributed by atoms with Crippen LogP contribution < -0.4 is 10.2 Å². The van der Waals surface area contributed by atoms with Crippen molar-refractivity contribution in [3.05, 3.63) is 30.7 Å². The lowest BCUT2D eigenvalue weighted by Crippen LogP contribution is -2.29. The highest BCUT2D eigenvalue weighted by molar-refractivity contribution is 5.37. The zero-order chi connectivity index (χ0) is 13.5. The quantitative estimate of drug-likeness (QED) is 0.681. The van der Waals surface area contributed by atoms with Crippen molar-refractivity contribution in [3.8, 4) is 0 Å². The van der Waals surface area contributed by atoms with Gasteiger partial charge in [0.1, 0.15) is 5.82 Å². The maximum atomic E-state index is 5.12. The number of hydrogen-bond acceptors (Lipinski definition) is 5. The van der Waals surface area contributed by atoms with Gasteiger partial charge in [-0.2, -0.15) is 0 Å². The van der Waals surface area contributed by atoms with Gasteiger partial charge in [0.15, 0.2) is 0 Å². The molecule has 19 heavy (non-hydrogen) atoms. The summed E-state index contributed by atoms with van der Waals surface area (Å²) in [4.78, 5) is 11.0. The molecule has 0 amide bonds. The van der Waals surface area contributed by atoms with Crippen LogP contribution >= 0.6 is 0 Å². The van der Waals surface area contributed by atoms with Crippen molar-refractivity contribution >= 4 is 5.82 Å². The van der Waals surface area contributed by atoms with Gasteiger partial charge in [0, 0.05) is 39.0 Å². The normalized spacial score (nSPS) is 14.4. The molecule has 0 atom stereocenters. The van der Waals surface area contributed by atoms with Crippen LogP contribution in [0.15, 0.2) is 25.0 Å². The average molecular weight is 262 g/mol. The van der Waals surface area contributed by atoms with Gasteiger partial charge in [-0.1, -0.05) is 6.08 Å². The van der Waals surface area contributed by atoms with Crippen LogP contribution in [0.3, 0.4) is 0 Å². The molecular formula is C14H22N4O. The average Bonchev–Trinajstić information content (AvgIpc) is 3.26. The number of ether oxygens (including phenoxy) is 1. The van der Waals surface area contributed by atoms with Gasteiger partial charge in [0.05, 0.1) is 18.5 Å². The molecule has 0 radical (unpaired) electrons. The van der Waals surface area contributed by atoms with E-state index in [0.717, 1.165) is 31.1 Å². The van der Waals surface area contributed by atoms with E-state index in [1.807, 2.05) is 12.3 Å². The summed E-state index contributed by atoms with van der Waals surface area (Å²) in [6, 6.07) is 0.684. The number of anilines is 1. The molecule has 0 spiro atoms. The van der Waals surface area contributed by atoms with Crippen LogP contribution in [0.4, 0.5) is 5.82 Å². The number of methoxy groups -OCH3 is 1. The first kappa shape index (κ1) is 14.0. The Morgan fingerprint density at radius 3 is 3.05 bits per heavy atom. The lowest BCUT2D eigenvalue weighted by Gasteiger charge is -2.21. The SMILES string of the molecule is C=CCN(CCOC)c1cncc(CNC2CC2)n1. The fourth-order valence-corrected chi connectivity index (χ4v) is 1.83. The second-order valence-corrected chi connectivity index (χ2v) is 4.75. The van der Waals surface area contributed by atoms with Crippen molar-refractivity contribution in [1.82, 2.24) is 15.3 Å². The van der Waals surface area contributed by atoms with Crippen molar-refractivity contribution in [3.63, 3.8) is 0 Å². The number of nitrogens with one attached hydrogen (secondary N) is 1. The van der Waals surface area contributed by atoms with Crippen LogP contribution in [0.2, 0.25) is 0 Å². The maximum Gasteiger partial charge on any atom is 0.147 e. The highest BCUT2D eigenvalue weighted by atomic mass is 16.5. The predicted molar refractivity (Wildman–Crippen MR) is 76.2 cm³/mol. The van der Waals surface area contributed by atoms with E-state index < -0.39 is 0 Å². The van der Waals surface area contributed by atoms with Crippen molar-refractivity contribution in [2.45, 2.75) is 25.4 Å². The van der Waals surface area contributed by atoms with Crippen LogP contribution in [0.25, 0.3) is 0 Å². The van der Waals surface area contributed by atoms with E-state index in [9.17, 15) is 0 Å². The number of hydrogen-bond donors (Lipinski definition) is 1. The zero-order valence-electron chi connectivity index (χ0n) is 11.5. The summed E-state index contributed by atoms with van der Waals surface area (Å²) in [5.74, 6) is 0.882. The Bertz CT molecular complexity index is 406. The van der Waals surface area contributed by atoms with Gasteiger partial charge in [0.25, 0.3) is 0 Å². The lowest BCUT2D eigenvalue weighted by atomic mass is 10.4. The first-order valence-corrected chi connectivity index (χ1v) is 6.72. The van der Waals surface area contributed by atoms with Gasteiger partial charge >= 0.3 is 0 Å². The van der Waals surface area contributed by atoms with Crippen molar-refractivity contribution in [2.24, 2.45) is 0 Å². The van der Waals surface area contributed by atoms with Crippen LogP contribution in [-0.2, 0) is 11.3 Å². The molecule has 1 saturated carbocycles. The van der Waals surface area contributed by atoms with E-state index in [-0.39, 0.29) is 0 Å². The minimum Gasteiger partial charge on any atom is -0.383 e. The third-order valence-corrected chi connectivity index (χ3v) is 3.06. The lowest BCUT2D eigenvalue weighted by molar-refractivity contribution is 0.205. The molecular weight excluding hydrogens is 240 g/mol. The van der Waals surface area contributed by atoms with Gasteiger partial charge < -0.3 is 15.0 Å². The van der Waals surface area contributed by atoms with Gasteiger partial charge in [-0.3, -0.25) is 4.98 Å². The fraction of sp³-hybridized carbons (Fsp3) is 0.571. The zero-order valence-corrected chi connectivity index (χ0v) is 11.5. The first-order chi connectivity index (χ1) is 9.33. The highest BCUT2D eigenvalue weighted by Gasteiger charge is 2.20. The molecule has 5 nitrogen and oxygen atoms in total. The summed E-state index contributed by atoms with van der Waals surface area (Å²) in [6.45, 7) is 6.77. The van der Waals surface area contributed by atoms with Crippen LogP contribution in [0.1, 0.15) is 18.5 Å². The van der Waals surface area contributed by atoms with E-state index in [1.54, 1.807) is 13.3 Å². The Labute approximate surface area is 114 Å². The van der Waals surface area contributed by atoms with Gasteiger partial charge in [-0.15, -0.1) is 6.58 Å². The van der Waals surface area contributed by atoms with Gasteiger partial charge in [0.2, 0.25) is 0 Å². The third kappa shape index (κ3) is 4.61. The largest absolute Gasteiger partial charge is 0.383 e. The second-order valence-electron chi connectivity index (χ2n) is 4.75. The second kappa shape index (κ2) is 7.21. The molecule has 1 heterocycles. The molecule has 0 unspecified atom stereocenters. The van der Waals surface area contributed by atoms with Gasteiger partial charge in [-0.25, -0.2) is 4.98 Å². The first-order valence-electron chi connectivity index (χ1n) is 6.72. The molecule has 0 aromatic carbocycles. The molecule has 1 aromatic heterocycles. The molecule has 1 aliphatic rings. The summed E-state index contributed by atoms with van der Waals surface area (Å²) < 4.78 is 5.12. The fourth-order valence-electron chi connectivity index (χ4n) is 1.83. The molecule has 1 fully saturated rings. The van der Waals surface area contributed by atoms with Gasteiger partial charge in [-0.05, 0) is 12.8 Å². The van der Waals surface area contributed by atoms with E-state index >= 15 is 0 Å². The molecule has 0 saturated heterocycles. The van der Waals surface area contributed by atoms with E-state index in [0.29, 0.717) is 12.6 Å². The minimum atomic E-state index is 0.667. The Kier molecular flexibility index (Phi) is 5.30. The smallest absolute Gasteiger partial charge is 0.147 e. The van der Waals surface area contributed by atoms with Crippen molar-refractivity contribution < 1.29 is 4.74 Å². The van der Waals surface area contributed by atoms with E-state index in [1.165, 1.54) is 12.8 Å². The number of nitrogens with zero attached hydrogens (tertiary/aromatic N) is 3.